The third-order valence-electron chi connectivity index (χ3n) is 15.0. The Morgan fingerprint density at radius 2 is 1.08 bits per heavy atom. The highest BCUT2D eigenvalue weighted by molar-refractivity contribution is 5.94. The number of hydrogen-bond donors (Lipinski definition) is 0. The molecular formula is C58H55N. The van der Waals surface area contributed by atoms with E-state index in [1.54, 1.807) is 0 Å². The van der Waals surface area contributed by atoms with Crippen LogP contribution in [-0.2, 0) is 5.41 Å². The molecule has 59 heavy (non-hydrogen) atoms. The van der Waals surface area contributed by atoms with Gasteiger partial charge in [-0.3, -0.25) is 0 Å². The van der Waals surface area contributed by atoms with Gasteiger partial charge < -0.3 is 4.90 Å². The number of benzene rings is 7. The Kier molecular flexibility index (Phi) is 9.18. The van der Waals surface area contributed by atoms with Gasteiger partial charge in [0, 0.05) is 22.5 Å². The summed E-state index contributed by atoms with van der Waals surface area (Å²) in [4.78, 5) is 2.50. The lowest BCUT2D eigenvalue weighted by Crippen LogP contribution is -2.17. The summed E-state index contributed by atoms with van der Waals surface area (Å²) in [5.74, 6) is 3.23. The second-order valence-electron chi connectivity index (χ2n) is 18.7. The van der Waals surface area contributed by atoms with Crippen molar-refractivity contribution in [2.24, 2.45) is 11.8 Å². The maximum absolute atomic E-state index is 2.50. The van der Waals surface area contributed by atoms with Gasteiger partial charge in [0.15, 0.2) is 0 Å². The van der Waals surface area contributed by atoms with Crippen molar-refractivity contribution in [2.75, 3.05) is 4.90 Å². The van der Waals surface area contributed by atoms with E-state index in [9.17, 15) is 0 Å². The van der Waals surface area contributed by atoms with E-state index in [0.29, 0.717) is 5.92 Å². The van der Waals surface area contributed by atoms with Crippen LogP contribution < -0.4 is 4.90 Å². The standard InChI is InChI=1S/C58H55N/c1-58(2)56-38-49(33-34-52(56)54-22-12-21-53(57(54)58)51-20-10-9-19-50(51)42-15-7-4-8-16-42)59(48-31-27-43(28-32-48)55-36-39-23-24-46(55)35-39)47-29-25-41(26-30-47)45-18-11-17-44(37-45)40-13-5-3-6-14-40/h4,7-12,15-22,25-34,37-40,46,55H,3,5-6,13-14,23-24,35-36H2,1-2H3. The Morgan fingerprint density at radius 3 is 1.81 bits per heavy atom. The van der Waals surface area contributed by atoms with E-state index in [1.807, 2.05) is 0 Å². The highest BCUT2D eigenvalue weighted by Crippen LogP contribution is 2.55. The molecule has 4 aliphatic carbocycles. The molecule has 2 bridgehead atoms. The van der Waals surface area contributed by atoms with Crippen molar-refractivity contribution in [3.8, 4) is 44.5 Å². The predicted molar refractivity (Wildman–Crippen MR) is 249 cm³/mol. The van der Waals surface area contributed by atoms with E-state index in [-0.39, 0.29) is 5.41 Å². The first-order valence-electron chi connectivity index (χ1n) is 22.5. The molecule has 3 fully saturated rings. The average molecular weight is 766 g/mol. The minimum atomic E-state index is -0.203. The molecule has 4 aliphatic rings. The van der Waals surface area contributed by atoms with Crippen molar-refractivity contribution in [1.82, 2.24) is 0 Å². The van der Waals surface area contributed by atoms with Gasteiger partial charge in [0.1, 0.15) is 0 Å². The summed E-state index contributed by atoms with van der Waals surface area (Å²) in [6, 6.07) is 62.4. The van der Waals surface area contributed by atoms with Crippen LogP contribution in [0.4, 0.5) is 17.1 Å². The van der Waals surface area contributed by atoms with Crippen LogP contribution >= 0.6 is 0 Å². The minimum absolute atomic E-state index is 0.203. The molecule has 0 saturated heterocycles. The smallest absolute Gasteiger partial charge is 0.0465 e. The fourth-order valence-corrected chi connectivity index (χ4v) is 12.0. The van der Waals surface area contributed by atoms with E-state index >= 15 is 0 Å². The maximum Gasteiger partial charge on any atom is 0.0465 e. The van der Waals surface area contributed by atoms with Gasteiger partial charge in [-0.1, -0.05) is 167 Å². The zero-order chi connectivity index (χ0) is 39.5. The summed E-state index contributed by atoms with van der Waals surface area (Å²) in [7, 11) is 0. The molecule has 292 valence electrons. The predicted octanol–water partition coefficient (Wildman–Crippen LogP) is 16.4. The summed E-state index contributed by atoms with van der Waals surface area (Å²) in [5.41, 5.74) is 19.7. The van der Waals surface area contributed by atoms with Gasteiger partial charge in [0.25, 0.3) is 0 Å². The molecule has 0 spiro atoms. The Morgan fingerprint density at radius 1 is 0.441 bits per heavy atom. The molecule has 3 unspecified atom stereocenters. The lowest BCUT2D eigenvalue weighted by molar-refractivity contribution is 0.420. The average Bonchev–Trinajstić information content (AvgIpc) is 4.00. The zero-order valence-corrected chi connectivity index (χ0v) is 34.7. The molecule has 1 heteroatoms. The molecule has 3 atom stereocenters. The number of fused-ring (bicyclic) bond motifs is 5. The van der Waals surface area contributed by atoms with E-state index in [4.69, 9.17) is 0 Å². The number of nitrogens with zero attached hydrogens (tertiary/aromatic N) is 1. The summed E-state index contributed by atoms with van der Waals surface area (Å²) < 4.78 is 0. The van der Waals surface area contributed by atoms with Gasteiger partial charge in [-0.05, 0) is 159 Å². The Hall–Kier alpha value is -5.66. The van der Waals surface area contributed by atoms with E-state index in [2.05, 4.69) is 183 Å². The lowest BCUT2D eigenvalue weighted by atomic mass is 9.78. The van der Waals surface area contributed by atoms with E-state index < -0.39 is 0 Å². The van der Waals surface area contributed by atoms with Crippen LogP contribution in [-0.4, -0.2) is 0 Å². The fraction of sp³-hybridized carbons (Fsp3) is 0.276. The highest BCUT2D eigenvalue weighted by Gasteiger charge is 2.41. The fourth-order valence-electron chi connectivity index (χ4n) is 12.0. The van der Waals surface area contributed by atoms with Gasteiger partial charge in [-0.2, -0.15) is 0 Å². The topological polar surface area (TPSA) is 3.24 Å². The second-order valence-corrected chi connectivity index (χ2v) is 18.7. The quantitative estimate of drug-likeness (QED) is 0.149. The van der Waals surface area contributed by atoms with Crippen molar-refractivity contribution in [3.63, 3.8) is 0 Å². The molecule has 0 N–H and O–H groups in total. The normalized spacial score (nSPS) is 20.3. The third kappa shape index (κ3) is 6.46. The maximum atomic E-state index is 2.50. The summed E-state index contributed by atoms with van der Waals surface area (Å²) in [6.45, 7) is 4.86. The molecule has 7 aromatic rings. The monoisotopic (exact) mass is 765 g/mol. The van der Waals surface area contributed by atoms with Crippen LogP contribution in [0.15, 0.2) is 164 Å². The van der Waals surface area contributed by atoms with Crippen LogP contribution in [0, 0.1) is 11.8 Å². The summed E-state index contributed by atoms with van der Waals surface area (Å²) in [5, 5.41) is 0. The lowest BCUT2D eigenvalue weighted by Gasteiger charge is -2.29. The Bertz CT molecular complexity index is 2630. The summed E-state index contributed by atoms with van der Waals surface area (Å²) >= 11 is 0. The minimum Gasteiger partial charge on any atom is -0.310 e. The summed E-state index contributed by atoms with van der Waals surface area (Å²) in [6.07, 6.45) is 12.4. The second kappa shape index (κ2) is 14.9. The Labute approximate surface area is 351 Å². The molecule has 7 aromatic carbocycles. The van der Waals surface area contributed by atoms with Crippen molar-refractivity contribution in [3.05, 3.63) is 186 Å². The third-order valence-corrected chi connectivity index (χ3v) is 15.0. The SMILES string of the molecule is CC1(C)c2cc(N(c3ccc(-c4cccc(C5CCCCC5)c4)cc3)c3ccc(C4CC5CCC4C5)cc3)ccc2-c2cccc(-c3ccccc3-c3ccccc3)c21. The van der Waals surface area contributed by atoms with E-state index in [0.717, 1.165) is 17.8 Å². The molecular weight excluding hydrogens is 711 g/mol. The molecule has 0 radical (unpaired) electrons. The number of anilines is 3. The highest BCUT2D eigenvalue weighted by atomic mass is 15.1. The molecule has 0 amide bonds. The number of hydrogen-bond acceptors (Lipinski definition) is 1. The first kappa shape index (κ1) is 36.4. The van der Waals surface area contributed by atoms with Crippen molar-refractivity contribution >= 4 is 17.1 Å². The van der Waals surface area contributed by atoms with Crippen LogP contribution in [0.25, 0.3) is 44.5 Å². The molecule has 3 saturated carbocycles. The van der Waals surface area contributed by atoms with Gasteiger partial charge >= 0.3 is 0 Å². The van der Waals surface area contributed by atoms with Crippen molar-refractivity contribution < 1.29 is 0 Å². The number of rotatable bonds is 8. The van der Waals surface area contributed by atoms with Crippen LogP contribution in [0.3, 0.4) is 0 Å². The van der Waals surface area contributed by atoms with Crippen LogP contribution in [0.2, 0.25) is 0 Å². The van der Waals surface area contributed by atoms with Gasteiger partial charge in [-0.15, -0.1) is 0 Å². The first-order chi connectivity index (χ1) is 29.0. The molecule has 0 heterocycles. The zero-order valence-electron chi connectivity index (χ0n) is 34.7. The molecule has 11 rings (SSSR count). The van der Waals surface area contributed by atoms with Gasteiger partial charge in [0.2, 0.25) is 0 Å². The molecule has 0 aliphatic heterocycles. The molecule has 1 nitrogen and oxygen atoms in total. The Balaban J connectivity index is 0.983. The van der Waals surface area contributed by atoms with Gasteiger partial charge in [-0.25, -0.2) is 0 Å². The van der Waals surface area contributed by atoms with Crippen LogP contribution in [0.5, 0.6) is 0 Å². The van der Waals surface area contributed by atoms with Crippen molar-refractivity contribution in [1.29, 1.82) is 0 Å². The van der Waals surface area contributed by atoms with Crippen molar-refractivity contribution in [2.45, 2.75) is 88.9 Å². The largest absolute Gasteiger partial charge is 0.310 e. The first-order valence-corrected chi connectivity index (χ1v) is 22.5. The molecule has 0 aromatic heterocycles. The van der Waals surface area contributed by atoms with Gasteiger partial charge in [0.05, 0.1) is 0 Å². The van der Waals surface area contributed by atoms with E-state index in [1.165, 1.54) is 142 Å². The van der Waals surface area contributed by atoms with Crippen LogP contribution in [0.1, 0.15) is 106 Å².